The van der Waals surface area contributed by atoms with E-state index >= 15 is 0 Å². The van der Waals surface area contributed by atoms with E-state index in [9.17, 15) is 0 Å². The van der Waals surface area contributed by atoms with Crippen LogP contribution in [0.5, 0.6) is 0 Å². The molecule has 0 bridgehead atoms. The summed E-state index contributed by atoms with van der Waals surface area (Å²) >= 11 is 3.44. The molecule has 0 aliphatic carbocycles. The van der Waals surface area contributed by atoms with Gasteiger partial charge in [0.05, 0.1) is 6.10 Å². The topological polar surface area (TPSA) is 44.3 Å². The summed E-state index contributed by atoms with van der Waals surface area (Å²) in [5, 5.41) is 15.5. The third-order valence-electron chi connectivity index (χ3n) is 2.14. The third kappa shape index (κ3) is 10.1. The van der Waals surface area contributed by atoms with Gasteiger partial charge in [-0.2, -0.15) is 0 Å². The predicted molar refractivity (Wildman–Crippen MR) is 84.9 cm³/mol. The molecular weight excluding hydrogens is 339 g/mol. The summed E-state index contributed by atoms with van der Waals surface area (Å²) < 4.78 is 1.11. The SMILES string of the molecule is CC(O)CNCCNCc1cccc(Br)c1.Cl.Cl. The highest BCUT2D eigenvalue weighted by atomic mass is 79.9. The second-order valence-electron chi connectivity index (χ2n) is 3.86. The van der Waals surface area contributed by atoms with Crippen molar-refractivity contribution in [1.29, 1.82) is 0 Å². The quantitative estimate of drug-likeness (QED) is 0.655. The molecular formula is C12H21BrCl2N2O. The van der Waals surface area contributed by atoms with Crippen molar-refractivity contribution in [2.45, 2.75) is 19.6 Å². The second kappa shape index (κ2) is 12.2. The van der Waals surface area contributed by atoms with Crippen molar-refractivity contribution in [2.75, 3.05) is 19.6 Å². The van der Waals surface area contributed by atoms with E-state index in [2.05, 4.69) is 38.7 Å². The van der Waals surface area contributed by atoms with Crippen LogP contribution in [0.4, 0.5) is 0 Å². The zero-order valence-electron chi connectivity index (χ0n) is 10.4. The van der Waals surface area contributed by atoms with Gasteiger partial charge in [-0.15, -0.1) is 24.8 Å². The molecule has 0 heterocycles. The minimum Gasteiger partial charge on any atom is -0.392 e. The van der Waals surface area contributed by atoms with Crippen molar-refractivity contribution < 1.29 is 5.11 Å². The lowest BCUT2D eigenvalue weighted by Crippen LogP contribution is -2.31. The van der Waals surface area contributed by atoms with Gasteiger partial charge in [-0.3, -0.25) is 0 Å². The number of nitrogens with one attached hydrogen (secondary N) is 2. The normalized spacial score (nSPS) is 11.3. The van der Waals surface area contributed by atoms with Crippen LogP contribution in [-0.2, 0) is 6.54 Å². The number of hydrogen-bond donors (Lipinski definition) is 3. The Balaban J connectivity index is 0. The highest BCUT2D eigenvalue weighted by Gasteiger charge is 1.95. The number of hydrogen-bond acceptors (Lipinski definition) is 3. The van der Waals surface area contributed by atoms with E-state index in [0.717, 1.165) is 24.1 Å². The van der Waals surface area contributed by atoms with E-state index < -0.39 is 0 Å². The molecule has 3 N–H and O–H groups in total. The maximum Gasteiger partial charge on any atom is 0.0636 e. The van der Waals surface area contributed by atoms with Crippen LogP contribution >= 0.6 is 40.7 Å². The average Bonchev–Trinajstić information content (AvgIpc) is 2.23. The monoisotopic (exact) mass is 358 g/mol. The van der Waals surface area contributed by atoms with Gasteiger partial charge in [-0.05, 0) is 24.6 Å². The van der Waals surface area contributed by atoms with Gasteiger partial charge in [0.1, 0.15) is 0 Å². The summed E-state index contributed by atoms with van der Waals surface area (Å²) in [7, 11) is 0. The lowest BCUT2D eigenvalue weighted by atomic mass is 10.2. The molecule has 18 heavy (non-hydrogen) atoms. The molecule has 3 nitrogen and oxygen atoms in total. The maximum absolute atomic E-state index is 9.03. The van der Waals surface area contributed by atoms with E-state index in [1.807, 2.05) is 12.1 Å². The highest BCUT2D eigenvalue weighted by Crippen LogP contribution is 2.10. The Hall–Kier alpha value is 0.160. The lowest BCUT2D eigenvalue weighted by Gasteiger charge is -2.08. The van der Waals surface area contributed by atoms with Gasteiger partial charge < -0.3 is 15.7 Å². The maximum atomic E-state index is 9.03. The van der Waals surface area contributed by atoms with Crippen molar-refractivity contribution in [3.8, 4) is 0 Å². The fraction of sp³-hybridized carbons (Fsp3) is 0.500. The molecule has 1 unspecified atom stereocenters. The van der Waals surface area contributed by atoms with Crippen LogP contribution in [0.2, 0.25) is 0 Å². The first kappa shape index (κ1) is 20.5. The van der Waals surface area contributed by atoms with Crippen LogP contribution in [-0.4, -0.2) is 30.8 Å². The van der Waals surface area contributed by atoms with E-state index in [1.165, 1.54) is 5.56 Å². The molecule has 1 aromatic rings. The first-order valence-corrected chi connectivity index (χ1v) is 6.31. The van der Waals surface area contributed by atoms with Crippen molar-refractivity contribution in [3.63, 3.8) is 0 Å². The van der Waals surface area contributed by atoms with Crippen LogP contribution in [0.15, 0.2) is 28.7 Å². The van der Waals surface area contributed by atoms with Crippen LogP contribution in [0.3, 0.4) is 0 Å². The molecule has 1 atom stereocenters. The highest BCUT2D eigenvalue weighted by molar-refractivity contribution is 9.10. The summed E-state index contributed by atoms with van der Waals surface area (Å²) in [5.74, 6) is 0. The zero-order chi connectivity index (χ0) is 11.8. The van der Waals surface area contributed by atoms with E-state index in [4.69, 9.17) is 5.11 Å². The summed E-state index contributed by atoms with van der Waals surface area (Å²) in [6.45, 7) is 5.08. The molecule has 106 valence electrons. The average molecular weight is 360 g/mol. The van der Waals surface area contributed by atoms with Crippen LogP contribution < -0.4 is 10.6 Å². The summed E-state index contributed by atoms with van der Waals surface area (Å²) in [6.07, 6.45) is -0.273. The molecule has 0 fully saturated rings. The van der Waals surface area contributed by atoms with Crippen LogP contribution in [0.25, 0.3) is 0 Å². The molecule has 0 saturated heterocycles. The molecule has 1 aromatic carbocycles. The first-order chi connectivity index (χ1) is 7.68. The van der Waals surface area contributed by atoms with E-state index in [1.54, 1.807) is 6.92 Å². The number of rotatable bonds is 7. The zero-order valence-corrected chi connectivity index (χ0v) is 13.6. The molecule has 1 rings (SSSR count). The van der Waals surface area contributed by atoms with Gasteiger partial charge in [0.25, 0.3) is 0 Å². The number of aliphatic hydroxyl groups excluding tert-OH is 1. The largest absolute Gasteiger partial charge is 0.392 e. The van der Waals surface area contributed by atoms with Crippen LogP contribution in [0.1, 0.15) is 12.5 Å². The molecule has 6 heteroatoms. The Morgan fingerprint density at radius 2 is 1.89 bits per heavy atom. The summed E-state index contributed by atoms with van der Waals surface area (Å²) in [6, 6.07) is 8.26. The molecule has 0 saturated carbocycles. The Labute approximate surface area is 130 Å². The van der Waals surface area contributed by atoms with Crippen LogP contribution in [0, 0.1) is 0 Å². The predicted octanol–water partition coefficient (Wildman–Crippen LogP) is 2.35. The minimum absolute atomic E-state index is 0. The van der Waals surface area contributed by atoms with Gasteiger partial charge in [0.2, 0.25) is 0 Å². The Kier molecular flexibility index (Phi) is 13.9. The molecule has 0 aromatic heterocycles. The fourth-order valence-electron chi connectivity index (χ4n) is 1.37. The Morgan fingerprint density at radius 3 is 2.50 bits per heavy atom. The molecule has 0 spiro atoms. The number of halogens is 3. The van der Waals surface area contributed by atoms with Crippen molar-refractivity contribution in [3.05, 3.63) is 34.3 Å². The van der Waals surface area contributed by atoms with Crippen molar-refractivity contribution in [1.82, 2.24) is 10.6 Å². The number of benzene rings is 1. The van der Waals surface area contributed by atoms with Gasteiger partial charge in [-0.1, -0.05) is 28.1 Å². The summed E-state index contributed by atoms with van der Waals surface area (Å²) in [4.78, 5) is 0. The minimum atomic E-state index is -0.273. The van der Waals surface area contributed by atoms with E-state index in [-0.39, 0.29) is 30.9 Å². The Bertz CT molecular complexity index is 314. The summed E-state index contributed by atoms with van der Waals surface area (Å²) in [5.41, 5.74) is 1.27. The third-order valence-corrected chi connectivity index (χ3v) is 2.63. The van der Waals surface area contributed by atoms with E-state index in [0.29, 0.717) is 6.54 Å². The van der Waals surface area contributed by atoms with Crippen molar-refractivity contribution in [2.24, 2.45) is 0 Å². The second-order valence-corrected chi connectivity index (χ2v) is 4.78. The van der Waals surface area contributed by atoms with Crippen molar-refractivity contribution >= 4 is 40.7 Å². The Morgan fingerprint density at radius 1 is 1.22 bits per heavy atom. The van der Waals surface area contributed by atoms with Gasteiger partial charge in [0.15, 0.2) is 0 Å². The van der Waals surface area contributed by atoms with Gasteiger partial charge in [-0.25, -0.2) is 0 Å². The lowest BCUT2D eigenvalue weighted by molar-refractivity contribution is 0.191. The molecule has 0 radical (unpaired) electrons. The molecule has 0 aliphatic rings. The molecule has 0 aliphatic heterocycles. The standard InChI is InChI=1S/C12H19BrN2O.2ClH/c1-10(16)8-14-5-6-15-9-11-3-2-4-12(13)7-11;;/h2-4,7,10,14-16H,5-6,8-9H2,1H3;2*1H. The molecule has 0 amide bonds. The van der Waals surface area contributed by atoms with Gasteiger partial charge >= 0.3 is 0 Å². The first-order valence-electron chi connectivity index (χ1n) is 5.52. The fourth-order valence-corrected chi connectivity index (χ4v) is 1.81. The smallest absolute Gasteiger partial charge is 0.0636 e. The number of aliphatic hydroxyl groups is 1. The van der Waals surface area contributed by atoms with Gasteiger partial charge in [0, 0.05) is 30.7 Å².